The molecule has 5 heteroatoms. The Hall–Kier alpha value is -3.13. The van der Waals surface area contributed by atoms with Crippen LogP contribution in [-0.2, 0) is 4.79 Å². The molecule has 0 radical (unpaired) electrons. The number of H-pyrrole nitrogens is 1. The Labute approximate surface area is 190 Å². The van der Waals surface area contributed by atoms with Gasteiger partial charge in [-0.05, 0) is 67.0 Å². The second kappa shape index (κ2) is 8.43. The van der Waals surface area contributed by atoms with E-state index in [1.807, 2.05) is 18.0 Å². The van der Waals surface area contributed by atoms with E-state index in [1.54, 1.807) is 13.8 Å². The number of hydrogen-bond acceptors (Lipinski definition) is 2. The van der Waals surface area contributed by atoms with Crippen molar-refractivity contribution in [2.75, 3.05) is 13.1 Å². The van der Waals surface area contributed by atoms with Gasteiger partial charge < -0.3 is 14.7 Å². The third-order valence-corrected chi connectivity index (χ3v) is 6.68. The number of likely N-dealkylation sites (tertiary alicyclic amines) is 1. The number of hydrogen-bond donors (Lipinski definition) is 1. The fourth-order valence-corrected chi connectivity index (χ4v) is 4.86. The Morgan fingerprint density at radius 1 is 1.22 bits per heavy atom. The number of aromatic amines is 1. The van der Waals surface area contributed by atoms with Gasteiger partial charge in [-0.25, -0.2) is 6.57 Å². The van der Waals surface area contributed by atoms with Gasteiger partial charge in [0.1, 0.15) is 0 Å². The summed E-state index contributed by atoms with van der Waals surface area (Å²) in [6, 6.07) is 11.0. The number of amides is 1. The number of carbonyl (C=O) groups excluding carboxylic acids is 1. The summed E-state index contributed by atoms with van der Waals surface area (Å²) in [7, 11) is 0. The van der Waals surface area contributed by atoms with E-state index in [-0.39, 0.29) is 5.91 Å². The second-order valence-corrected chi connectivity index (χ2v) is 9.80. The molecule has 1 fully saturated rings. The molecule has 1 aliphatic rings. The zero-order valence-corrected chi connectivity index (χ0v) is 19.7. The lowest BCUT2D eigenvalue weighted by Gasteiger charge is -2.33. The Morgan fingerprint density at radius 2 is 1.94 bits per heavy atom. The van der Waals surface area contributed by atoms with Gasteiger partial charge in [0.2, 0.25) is 0 Å². The maximum atomic E-state index is 12.7. The van der Waals surface area contributed by atoms with Crippen LogP contribution in [0, 0.1) is 13.5 Å². The van der Waals surface area contributed by atoms with Gasteiger partial charge in [-0.2, -0.15) is 0 Å². The molecular weight excluding hydrogens is 396 g/mol. The minimum Gasteiger partial charge on any atom is -0.354 e. The van der Waals surface area contributed by atoms with Crippen LogP contribution in [0.25, 0.3) is 27.0 Å². The zero-order valence-electron chi connectivity index (χ0n) is 19.7. The monoisotopic (exact) mass is 428 g/mol. The summed E-state index contributed by atoms with van der Waals surface area (Å²) in [6.45, 7) is 18.7. The minimum atomic E-state index is -0.968. The Morgan fingerprint density at radius 3 is 2.56 bits per heavy atom. The van der Waals surface area contributed by atoms with E-state index < -0.39 is 5.54 Å². The van der Waals surface area contributed by atoms with Gasteiger partial charge >= 0.3 is 11.4 Å². The van der Waals surface area contributed by atoms with Crippen molar-refractivity contribution < 1.29 is 4.79 Å². The maximum Gasteiger partial charge on any atom is 0.308 e. The maximum absolute atomic E-state index is 12.7. The first-order valence-corrected chi connectivity index (χ1v) is 11.5. The number of fused-ring (bicyclic) bond motifs is 1. The van der Waals surface area contributed by atoms with Crippen molar-refractivity contribution in [3.63, 3.8) is 0 Å². The van der Waals surface area contributed by atoms with Gasteiger partial charge in [-0.3, -0.25) is 9.78 Å². The average molecular weight is 429 g/mol. The fourth-order valence-electron chi connectivity index (χ4n) is 4.86. The first kappa shape index (κ1) is 22.1. The molecule has 1 saturated heterocycles. The summed E-state index contributed by atoms with van der Waals surface area (Å²) in [4.78, 5) is 26.0. The molecule has 1 aliphatic heterocycles. The summed E-state index contributed by atoms with van der Waals surface area (Å²) in [5.41, 5.74) is 6.25. The molecule has 0 saturated carbocycles. The van der Waals surface area contributed by atoms with Gasteiger partial charge in [0, 0.05) is 55.3 Å². The number of aromatic nitrogens is 2. The molecule has 5 nitrogen and oxygen atoms in total. The van der Waals surface area contributed by atoms with Crippen LogP contribution >= 0.6 is 0 Å². The normalized spacial score (nSPS) is 15.3. The van der Waals surface area contributed by atoms with Crippen molar-refractivity contribution in [2.24, 2.45) is 0 Å². The molecular formula is C27H32N4O. The number of rotatable bonds is 4. The van der Waals surface area contributed by atoms with Crippen LogP contribution in [0.15, 0.2) is 36.5 Å². The van der Waals surface area contributed by atoms with Gasteiger partial charge in [0.05, 0.1) is 5.69 Å². The van der Waals surface area contributed by atoms with E-state index in [4.69, 9.17) is 6.57 Å². The van der Waals surface area contributed by atoms with E-state index >= 15 is 0 Å². The molecule has 4 rings (SSSR count). The van der Waals surface area contributed by atoms with E-state index in [0.29, 0.717) is 24.9 Å². The number of nitrogens with zero attached hydrogens (tertiary/aromatic N) is 3. The lowest BCUT2D eigenvalue weighted by molar-refractivity contribution is -0.135. The van der Waals surface area contributed by atoms with Gasteiger partial charge in [-0.1, -0.05) is 19.9 Å². The molecule has 1 N–H and O–H groups in total. The van der Waals surface area contributed by atoms with Crippen molar-refractivity contribution in [1.29, 1.82) is 0 Å². The third-order valence-electron chi connectivity index (χ3n) is 6.68. The highest BCUT2D eigenvalue weighted by atomic mass is 16.2. The molecule has 166 valence electrons. The molecule has 2 aromatic heterocycles. The number of piperidine rings is 1. The molecule has 0 bridgehead atoms. The van der Waals surface area contributed by atoms with Crippen LogP contribution in [0.2, 0.25) is 0 Å². The van der Waals surface area contributed by atoms with Crippen LogP contribution in [0.5, 0.6) is 0 Å². The highest BCUT2D eigenvalue weighted by molar-refractivity contribution is 5.92. The van der Waals surface area contributed by atoms with Crippen LogP contribution in [0.4, 0.5) is 0 Å². The van der Waals surface area contributed by atoms with E-state index in [2.05, 4.69) is 59.0 Å². The smallest absolute Gasteiger partial charge is 0.308 e. The number of nitrogens with one attached hydrogen (secondary N) is 1. The van der Waals surface area contributed by atoms with Crippen molar-refractivity contribution in [3.05, 3.63) is 64.8 Å². The highest BCUT2D eigenvalue weighted by Crippen LogP contribution is 2.38. The van der Waals surface area contributed by atoms with Crippen molar-refractivity contribution in [3.8, 4) is 11.3 Å². The lowest BCUT2D eigenvalue weighted by Crippen LogP contribution is -2.46. The predicted octanol–water partition coefficient (Wildman–Crippen LogP) is 6.07. The zero-order chi connectivity index (χ0) is 23.0. The van der Waals surface area contributed by atoms with Crippen molar-refractivity contribution >= 4 is 16.8 Å². The summed E-state index contributed by atoms with van der Waals surface area (Å²) in [5.74, 6) is 0.769. The summed E-state index contributed by atoms with van der Waals surface area (Å²) in [6.07, 6.45) is 3.74. The summed E-state index contributed by atoms with van der Waals surface area (Å²) < 4.78 is 0. The molecule has 0 atom stereocenters. The average Bonchev–Trinajstić information content (AvgIpc) is 3.18. The molecule has 1 aromatic carbocycles. The van der Waals surface area contributed by atoms with Crippen LogP contribution in [0.3, 0.4) is 0 Å². The number of aryl methyl sites for hydroxylation is 1. The topological polar surface area (TPSA) is 53.4 Å². The van der Waals surface area contributed by atoms with Crippen LogP contribution < -0.4 is 0 Å². The van der Waals surface area contributed by atoms with Crippen molar-refractivity contribution in [1.82, 2.24) is 14.9 Å². The molecule has 0 spiro atoms. The Balaban J connectivity index is 1.63. The van der Waals surface area contributed by atoms with E-state index in [0.717, 1.165) is 24.1 Å². The van der Waals surface area contributed by atoms with E-state index in [1.165, 1.54) is 27.8 Å². The number of carbonyl (C=O) groups is 1. The Bertz CT molecular complexity index is 1190. The number of pyridine rings is 1. The third kappa shape index (κ3) is 4.02. The SMILES string of the molecule is [C-]#[N+]C(C)(C)C(=O)N1CCC(c2ccc3[nH]c(-c4ccnc(C)c4)c(C(C)C)c3c2)CC1. The molecule has 0 unspecified atom stereocenters. The fraction of sp³-hybridized carbons (Fsp3) is 0.444. The summed E-state index contributed by atoms with van der Waals surface area (Å²) >= 11 is 0. The molecule has 1 amide bonds. The van der Waals surface area contributed by atoms with Gasteiger partial charge in [-0.15, -0.1) is 0 Å². The molecule has 0 aliphatic carbocycles. The molecule has 3 heterocycles. The van der Waals surface area contributed by atoms with Gasteiger partial charge in [0.25, 0.3) is 0 Å². The van der Waals surface area contributed by atoms with Crippen molar-refractivity contribution in [2.45, 2.75) is 64.8 Å². The number of benzene rings is 1. The molecule has 32 heavy (non-hydrogen) atoms. The molecule has 3 aromatic rings. The van der Waals surface area contributed by atoms with Crippen LogP contribution in [0.1, 0.15) is 69.2 Å². The van der Waals surface area contributed by atoms with E-state index in [9.17, 15) is 4.79 Å². The predicted molar refractivity (Wildman–Crippen MR) is 130 cm³/mol. The second-order valence-electron chi connectivity index (χ2n) is 9.80. The first-order chi connectivity index (χ1) is 15.2. The standard InChI is InChI=1S/C27H32N4O/c1-17(2)24-22-16-20(19-10-13-31(14-11-19)26(32)27(4,5)28-6)7-8-23(22)30-25(24)21-9-12-29-18(3)15-21/h7-9,12,15-17,19,30H,10-11,13-14H2,1-5H3. The largest absolute Gasteiger partial charge is 0.354 e. The quantitative estimate of drug-likeness (QED) is 0.513. The highest BCUT2D eigenvalue weighted by Gasteiger charge is 2.39. The first-order valence-electron chi connectivity index (χ1n) is 11.5. The summed E-state index contributed by atoms with van der Waals surface area (Å²) in [5, 5.41) is 1.29. The minimum absolute atomic E-state index is 0.0496. The Kier molecular flexibility index (Phi) is 5.81. The van der Waals surface area contributed by atoms with Gasteiger partial charge in [0.15, 0.2) is 0 Å². The lowest BCUT2D eigenvalue weighted by atomic mass is 9.87. The van der Waals surface area contributed by atoms with Crippen LogP contribution in [-0.4, -0.2) is 39.4 Å².